The van der Waals surface area contributed by atoms with Gasteiger partial charge in [0.05, 0.1) is 28.8 Å². The molecule has 0 aliphatic carbocycles. The third kappa shape index (κ3) is 3.70. The highest BCUT2D eigenvalue weighted by molar-refractivity contribution is 5.99. The smallest absolute Gasteiger partial charge is 0.255 e. The molecule has 0 aromatic carbocycles. The number of allylic oxidation sites excluding steroid dienone is 7. The average molecular weight is 412 g/mol. The summed E-state index contributed by atoms with van der Waals surface area (Å²) in [4.78, 5) is 21.8. The van der Waals surface area contributed by atoms with Gasteiger partial charge in [-0.15, -0.1) is 0 Å². The number of hydrogen-bond acceptors (Lipinski definition) is 4. The predicted molar refractivity (Wildman–Crippen MR) is 122 cm³/mol. The first kappa shape index (κ1) is 19.5. The summed E-state index contributed by atoms with van der Waals surface area (Å²) >= 11 is 0. The lowest BCUT2D eigenvalue weighted by atomic mass is 9.97. The molecule has 5 heterocycles. The zero-order valence-corrected chi connectivity index (χ0v) is 18.0. The standard InChI is InChI=1S/C25H25N5O/c1-17-15-30-24(18(2)26-17)14-23(27-30)20-5-4-6-22-8-7-21(16-29(22)25(31)13-20)19-9-11-28(3)12-10-19/h4-9,13-16H,10-12H2,1-3H3/b5-4?,20-13?,22-6+. The Morgan fingerprint density at radius 1 is 1.10 bits per heavy atom. The summed E-state index contributed by atoms with van der Waals surface area (Å²) in [7, 11) is 2.12. The summed E-state index contributed by atoms with van der Waals surface area (Å²) in [5.74, 6) is -0.0796. The van der Waals surface area contributed by atoms with Gasteiger partial charge in [-0.3, -0.25) is 14.7 Å². The highest BCUT2D eigenvalue weighted by Gasteiger charge is 2.21. The molecule has 0 radical (unpaired) electrons. The Balaban J connectivity index is 1.50. The van der Waals surface area contributed by atoms with Gasteiger partial charge < -0.3 is 4.90 Å². The van der Waals surface area contributed by atoms with Gasteiger partial charge in [-0.1, -0.05) is 24.3 Å². The van der Waals surface area contributed by atoms with E-state index in [4.69, 9.17) is 0 Å². The molecule has 0 saturated carbocycles. The van der Waals surface area contributed by atoms with Crippen LogP contribution in [-0.4, -0.2) is 50.4 Å². The molecule has 156 valence electrons. The van der Waals surface area contributed by atoms with Crippen LogP contribution in [-0.2, 0) is 4.79 Å². The fourth-order valence-corrected chi connectivity index (χ4v) is 4.15. The van der Waals surface area contributed by atoms with Crippen molar-refractivity contribution < 1.29 is 4.79 Å². The van der Waals surface area contributed by atoms with E-state index in [1.165, 1.54) is 5.57 Å². The van der Waals surface area contributed by atoms with Gasteiger partial charge in [0, 0.05) is 36.6 Å². The molecule has 0 fully saturated rings. The van der Waals surface area contributed by atoms with E-state index in [0.717, 1.165) is 59.0 Å². The highest BCUT2D eigenvalue weighted by atomic mass is 16.2. The normalized spacial score (nSPS) is 21.1. The number of nitrogens with zero attached hydrogens (tertiary/aromatic N) is 5. The Labute approximate surface area is 181 Å². The molecule has 3 aliphatic heterocycles. The molecule has 0 spiro atoms. The molecule has 1 amide bonds. The van der Waals surface area contributed by atoms with E-state index in [1.807, 2.05) is 61.1 Å². The van der Waals surface area contributed by atoms with Crippen LogP contribution in [0, 0.1) is 13.8 Å². The molecule has 0 saturated heterocycles. The molecular formula is C25H25N5O. The van der Waals surface area contributed by atoms with Crippen LogP contribution in [0.4, 0.5) is 0 Å². The van der Waals surface area contributed by atoms with Crippen LogP contribution in [0.3, 0.4) is 0 Å². The number of carbonyl (C=O) groups is 1. The van der Waals surface area contributed by atoms with Crippen molar-refractivity contribution in [2.45, 2.75) is 20.3 Å². The van der Waals surface area contributed by atoms with Crippen molar-refractivity contribution in [2.75, 3.05) is 20.1 Å². The maximum atomic E-state index is 13.2. The van der Waals surface area contributed by atoms with Crippen LogP contribution in [0.15, 0.2) is 77.8 Å². The van der Waals surface area contributed by atoms with Crippen LogP contribution < -0.4 is 0 Å². The summed E-state index contributed by atoms with van der Waals surface area (Å²) in [6.07, 6.45) is 18.7. The first-order valence-corrected chi connectivity index (χ1v) is 10.5. The minimum Gasteiger partial charge on any atom is -0.302 e. The lowest BCUT2D eigenvalue weighted by Crippen LogP contribution is -2.27. The quantitative estimate of drug-likeness (QED) is 0.756. The molecule has 5 rings (SSSR count). The third-order valence-electron chi connectivity index (χ3n) is 5.88. The van der Waals surface area contributed by atoms with Gasteiger partial charge in [0.15, 0.2) is 0 Å². The molecule has 0 unspecified atom stereocenters. The second kappa shape index (κ2) is 7.63. The second-order valence-electron chi connectivity index (χ2n) is 8.25. The highest BCUT2D eigenvalue weighted by Crippen LogP contribution is 2.28. The topological polar surface area (TPSA) is 53.7 Å². The summed E-state index contributed by atoms with van der Waals surface area (Å²) in [6, 6.07) is 1.98. The van der Waals surface area contributed by atoms with Crippen LogP contribution >= 0.6 is 0 Å². The maximum Gasteiger partial charge on any atom is 0.255 e. The van der Waals surface area contributed by atoms with Crippen LogP contribution in [0.25, 0.3) is 11.1 Å². The van der Waals surface area contributed by atoms with E-state index in [1.54, 1.807) is 11.0 Å². The molecule has 0 atom stereocenters. The SMILES string of the molecule is Cc1cn2nc(C3=CC(=O)N4C=C(C5=CCN(C)CC5)C=C/C4=C\C=C3)cc2c(C)n1. The average Bonchev–Trinajstić information content (AvgIpc) is 3.16. The third-order valence-corrected chi connectivity index (χ3v) is 5.88. The summed E-state index contributed by atoms with van der Waals surface area (Å²) in [6.45, 7) is 5.89. The minimum atomic E-state index is -0.0796. The summed E-state index contributed by atoms with van der Waals surface area (Å²) in [5.41, 5.74) is 7.56. The summed E-state index contributed by atoms with van der Waals surface area (Å²) < 4.78 is 1.83. The lowest BCUT2D eigenvalue weighted by molar-refractivity contribution is -0.122. The molecule has 6 nitrogen and oxygen atoms in total. The Morgan fingerprint density at radius 2 is 1.97 bits per heavy atom. The van der Waals surface area contributed by atoms with Crippen molar-refractivity contribution in [3.8, 4) is 0 Å². The van der Waals surface area contributed by atoms with E-state index >= 15 is 0 Å². The molecular weight excluding hydrogens is 386 g/mol. The van der Waals surface area contributed by atoms with Crippen LogP contribution in [0.2, 0.25) is 0 Å². The fourth-order valence-electron chi connectivity index (χ4n) is 4.15. The van der Waals surface area contributed by atoms with Crippen molar-refractivity contribution in [3.05, 3.63) is 94.9 Å². The lowest BCUT2D eigenvalue weighted by Gasteiger charge is -2.27. The molecule has 31 heavy (non-hydrogen) atoms. The molecule has 6 heteroatoms. The van der Waals surface area contributed by atoms with Crippen molar-refractivity contribution in [2.24, 2.45) is 0 Å². The number of aromatic nitrogens is 3. The second-order valence-corrected chi connectivity index (χ2v) is 8.25. The number of aryl methyl sites for hydroxylation is 2. The first-order valence-electron chi connectivity index (χ1n) is 10.5. The minimum absolute atomic E-state index is 0.0796. The van der Waals surface area contributed by atoms with E-state index in [9.17, 15) is 4.79 Å². The number of rotatable bonds is 2. The van der Waals surface area contributed by atoms with E-state index in [2.05, 4.69) is 34.2 Å². The first-order chi connectivity index (χ1) is 15.0. The summed E-state index contributed by atoms with van der Waals surface area (Å²) in [5, 5.41) is 4.69. The van der Waals surface area contributed by atoms with Crippen LogP contribution in [0.5, 0.6) is 0 Å². The van der Waals surface area contributed by atoms with Crippen molar-refractivity contribution in [1.82, 2.24) is 24.4 Å². The van der Waals surface area contributed by atoms with Gasteiger partial charge >= 0.3 is 0 Å². The Hall–Kier alpha value is -3.51. The van der Waals surface area contributed by atoms with E-state index in [-0.39, 0.29) is 5.91 Å². The number of fused-ring (bicyclic) bond motifs is 2. The number of carbonyl (C=O) groups excluding carboxylic acids is 1. The zero-order valence-electron chi connectivity index (χ0n) is 18.0. The molecule has 0 bridgehead atoms. The van der Waals surface area contributed by atoms with E-state index < -0.39 is 0 Å². The van der Waals surface area contributed by atoms with Gasteiger partial charge in [-0.2, -0.15) is 5.10 Å². The Bertz CT molecular complexity index is 1270. The monoisotopic (exact) mass is 411 g/mol. The van der Waals surface area contributed by atoms with Gasteiger partial charge in [0.25, 0.3) is 5.91 Å². The number of hydrogen-bond donors (Lipinski definition) is 0. The Kier molecular flexibility index (Phi) is 4.79. The van der Waals surface area contributed by atoms with Gasteiger partial charge in [-0.05, 0) is 56.7 Å². The number of amides is 1. The predicted octanol–water partition coefficient (Wildman–Crippen LogP) is 3.73. The maximum absolute atomic E-state index is 13.2. The number of likely N-dealkylation sites (N-methyl/N-ethyl adjacent to an activating group) is 1. The van der Waals surface area contributed by atoms with E-state index in [0.29, 0.717) is 0 Å². The van der Waals surface area contributed by atoms with Crippen LogP contribution in [0.1, 0.15) is 23.5 Å². The molecule has 0 N–H and O–H groups in total. The molecule has 3 aliphatic rings. The van der Waals surface area contributed by atoms with Gasteiger partial charge in [-0.25, -0.2) is 4.52 Å². The van der Waals surface area contributed by atoms with Gasteiger partial charge in [0.2, 0.25) is 0 Å². The Morgan fingerprint density at radius 3 is 2.77 bits per heavy atom. The van der Waals surface area contributed by atoms with Gasteiger partial charge in [0.1, 0.15) is 0 Å². The van der Waals surface area contributed by atoms with Crippen molar-refractivity contribution >= 4 is 17.0 Å². The molecule has 2 aromatic rings. The largest absolute Gasteiger partial charge is 0.302 e. The van der Waals surface area contributed by atoms with Crippen molar-refractivity contribution in [1.29, 1.82) is 0 Å². The zero-order chi connectivity index (χ0) is 21.5. The van der Waals surface area contributed by atoms with Crippen molar-refractivity contribution in [3.63, 3.8) is 0 Å². The molecule has 2 aromatic heterocycles. The fraction of sp³-hybridized carbons (Fsp3) is 0.240.